The van der Waals surface area contributed by atoms with Gasteiger partial charge < -0.3 is 4.90 Å². The molecule has 0 spiro atoms. The number of benzene rings is 1. The van der Waals surface area contributed by atoms with E-state index >= 15 is 0 Å². The fourth-order valence-electron chi connectivity index (χ4n) is 1.61. The molecule has 0 radical (unpaired) electrons. The van der Waals surface area contributed by atoms with E-state index in [0.29, 0.717) is 0 Å². The summed E-state index contributed by atoms with van der Waals surface area (Å²) in [5, 5.41) is 3.07. The van der Waals surface area contributed by atoms with Gasteiger partial charge in [0.05, 0.1) is 0 Å². The highest BCUT2D eigenvalue weighted by Crippen LogP contribution is 2.19. The third-order valence-electron chi connectivity index (χ3n) is 2.24. The minimum absolute atomic E-state index is 0.0774. The Bertz CT molecular complexity index is 281. The number of alkyl halides is 2. The number of halogens is 2. The second kappa shape index (κ2) is 4.39. The Balaban J connectivity index is 2.11. The second-order valence-corrected chi connectivity index (χ2v) is 4.40. The first-order valence-electron chi connectivity index (χ1n) is 4.60. The van der Waals surface area contributed by atoms with Crippen LogP contribution in [0.2, 0.25) is 0 Å². The van der Waals surface area contributed by atoms with Gasteiger partial charge in [0.2, 0.25) is 0 Å². The van der Waals surface area contributed by atoms with Gasteiger partial charge >= 0.3 is 0 Å². The van der Waals surface area contributed by atoms with Crippen molar-refractivity contribution in [2.24, 2.45) is 0 Å². The van der Waals surface area contributed by atoms with Gasteiger partial charge in [0.25, 0.3) is 0 Å². The van der Waals surface area contributed by atoms with Crippen LogP contribution in [-0.2, 0) is 0 Å². The molecule has 2 unspecified atom stereocenters. The number of nitrogens with one attached hydrogen (secondary N) is 1. The van der Waals surface area contributed by atoms with Crippen molar-refractivity contribution >= 4 is 28.9 Å². The van der Waals surface area contributed by atoms with Crippen molar-refractivity contribution in [2.75, 3.05) is 18.0 Å². The summed E-state index contributed by atoms with van der Waals surface area (Å²) in [6.07, 6.45) is 0. The standard InChI is InChI=1S/C10H12Cl2N2/c11-9-6-14(7-10(12)13-9)8-4-2-1-3-5-8/h1-5,9-10,13H,6-7H2. The molecule has 1 aromatic carbocycles. The van der Waals surface area contributed by atoms with Crippen LogP contribution < -0.4 is 10.2 Å². The first-order valence-corrected chi connectivity index (χ1v) is 5.47. The van der Waals surface area contributed by atoms with Crippen molar-refractivity contribution < 1.29 is 0 Å². The van der Waals surface area contributed by atoms with Crippen LogP contribution in [0.4, 0.5) is 5.69 Å². The fourth-order valence-corrected chi connectivity index (χ4v) is 2.31. The quantitative estimate of drug-likeness (QED) is 0.589. The van der Waals surface area contributed by atoms with E-state index in [1.165, 1.54) is 5.69 Å². The van der Waals surface area contributed by atoms with Gasteiger partial charge in [-0.25, -0.2) is 0 Å². The Morgan fingerprint density at radius 1 is 1.07 bits per heavy atom. The predicted molar refractivity (Wildman–Crippen MR) is 61.1 cm³/mol. The number of nitrogens with zero attached hydrogens (tertiary/aromatic N) is 1. The number of anilines is 1. The van der Waals surface area contributed by atoms with E-state index in [4.69, 9.17) is 23.2 Å². The Labute approximate surface area is 93.8 Å². The first-order chi connectivity index (χ1) is 6.75. The molecule has 0 amide bonds. The first kappa shape index (κ1) is 10.1. The third kappa shape index (κ3) is 2.32. The highest BCUT2D eigenvalue weighted by molar-refractivity contribution is 6.23. The van der Waals surface area contributed by atoms with Crippen molar-refractivity contribution in [3.05, 3.63) is 30.3 Å². The smallest absolute Gasteiger partial charge is 0.101 e. The molecular weight excluding hydrogens is 219 g/mol. The number of para-hydroxylation sites is 1. The molecule has 1 N–H and O–H groups in total. The number of hydrogen-bond acceptors (Lipinski definition) is 2. The molecule has 0 aromatic heterocycles. The molecule has 1 aromatic rings. The van der Waals surface area contributed by atoms with Crippen molar-refractivity contribution in [3.63, 3.8) is 0 Å². The monoisotopic (exact) mass is 230 g/mol. The Morgan fingerprint density at radius 3 is 2.21 bits per heavy atom. The lowest BCUT2D eigenvalue weighted by molar-refractivity contribution is 0.518. The SMILES string of the molecule is ClC1CN(c2ccccc2)CC(Cl)N1. The summed E-state index contributed by atoms with van der Waals surface area (Å²) in [5.41, 5.74) is 1.02. The average molecular weight is 231 g/mol. The zero-order valence-electron chi connectivity index (χ0n) is 7.66. The van der Waals surface area contributed by atoms with Gasteiger partial charge in [0.1, 0.15) is 11.0 Å². The summed E-state index contributed by atoms with van der Waals surface area (Å²) in [6.45, 7) is 1.57. The van der Waals surface area contributed by atoms with Crippen LogP contribution in [0.5, 0.6) is 0 Å². The topological polar surface area (TPSA) is 15.3 Å². The van der Waals surface area contributed by atoms with E-state index in [1.54, 1.807) is 0 Å². The van der Waals surface area contributed by atoms with E-state index < -0.39 is 0 Å². The lowest BCUT2D eigenvalue weighted by Gasteiger charge is -2.35. The molecule has 1 aliphatic rings. The maximum atomic E-state index is 6.02. The van der Waals surface area contributed by atoms with Gasteiger partial charge in [-0.2, -0.15) is 0 Å². The zero-order valence-corrected chi connectivity index (χ0v) is 9.17. The van der Waals surface area contributed by atoms with Gasteiger partial charge in [-0.1, -0.05) is 18.2 Å². The molecule has 14 heavy (non-hydrogen) atoms. The number of rotatable bonds is 1. The fraction of sp³-hybridized carbons (Fsp3) is 0.400. The van der Waals surface area contributed by atoms with Gasteiger partial charge in [-0.15, -0.1) is 23.2 Å². The van der Waals surface area contributed by atoms with E-state index in [-0.39, 0.29) is 11.0 Å². The molecule has 2 atom stereocenters. The Kier molecular flexibility index (Phi) is 3.16. The van der Waals surface area contributed by atoms with Crippen molar-refractivity contribution in [1.29, 1.82) is 0 Å². The zero-order chi connectivity index (χ0) is 9.97. The summed E-state index contributed by atoms with van der Waals surface area (Å²) in [7, 11) is 0. The Morgan fingerprint density at radius 2 is 1.64 bits per heavy atom. The van der Waals surface area contributed by atoms with Crippen LogP contribution in [0.1, 0.15) is 0 Å². The van der Waals surface area contributed by atoms with E-state index in [0.717, 1.165) is 13.1 Å². The summed E-state index contributed by atoms with van der Waals surface area (Å²) >= 11 is 12.0. The van der Waals surface area contributed by atoms with Gasteiger partial charge in [0.15, 0.2) is 0 Å². The maximum Gasteiger partial charge on any atom is 0.101 e. The van der Waals surface area contributed by atoms with Crippen LogP contribution in [0.3, 0.4) is 0 Å². The lowest BCUT2D eigenvalue weighted by Crippen LogP contribution is -2.52. The molecule has 2 nitrogen and oxygen atoms in total. The highest BCUT2D eigenvalue weighted by Gasteiger charge is 2.23. The third-order valence-corrected chi connectivity index (χ3v) is 2.77. The molecule has 0 bridgehead atoms. The van der Waals surface area contributed by atoms with Gasteiger partial charge in [0, 0.05) is 18.8 Å². The van der Waals surface area contributed by atoms with Crippen LogP contribution in [0, 0.1) is 0 Å². The van der Waals surface area contributed by atoms with Crippen LogP contribution in [0.15, 0.2) is 30.3 Å². The second-order valence-electron chi connectivity index (χ2n) is 3.34. The summed E-state index contributed by atoms with van der Waals surface area (Å²) in [5.74, 6) is 0. The lowest BCUT2D eigenvalue weighted by atomic mass is 10.2. The van der Waals surface area contributed by atoms with Crippen LogP contribution in [0.25, 0.3) is 0 Å². The number of hydrogen-bond donors (Lipinski definition) is 1. The summed E-state index contributed by atoms with van der Waals surface area (Å²) < 4.78 is 0. The minimum Gasteiger partial charge on any atom is -0.366 e. The molecule has 4 heteroatoms. The van der Waals surface area contributed by atoms with Crippen molar-refractivity contribution in [2.45, 2.75) is 11.0 Å². The summed E-state index contributed by atoms with van der Waals surface area (Å²) in [6, 6.07) is 10.2. The maximum absolute atomic E-state index is 6.02. The summed E-state index contributed by atoms with van der Waals surface area (Å²) in [4.78, 5) is 2.19. The average Bonchev–Trinajstić information content (AvgIpc) is 2.18. The molecule has 1 saturated heterocycles. The van der Waals surface area contributed by atoms with E-state index in [9.17, 15) is 0 Å². The largest absolute Gasteiger partial charge is 0.366 e. The molecular formula is C10H12Cl2N2. The highest BCUT2D eigenvalue weighted by atomic mass is 35.5. The molecule has 2 rings (SSSR count). The van der Waals surface area contributed by atoms with Gasteiger partial charge in [-0.3, -0.25) is 5.32 Å². The Hall–Kier alpha value is -0.440. The van der Waals surface area contributed by atoms with Crippen LogP contribution in [-0.4, -0.2) is 24.1 Å². The minimum atomic E-state index is -0.0774. The van der Waals surface area contributed by atoms with Crippen LogP contribution >= 0.6 is 23.2 Å². The van der Waals surface area contributed by atoms with E-state index in [1.807, 2.05) is 18.2 Å². The molecule has 76 valence electrons. The molecule has 1 heterocycles. The molecule has 1 aliphatic heterocycles. The van der Waals surface area contributed by atoms with E-state index in [2.05, 4.69) is 22.3 Å². The van der Waals surface area contributed by atoms with Gasteiger partial charge in [-0.05, 0) is 12.1 Å². The van der Waals surface area contributed by atoms with Crippen molar-refractivity contribution in [1.82, 2.24) is 5.32 Å². The molecule has 0 aliphatic carbocycles. The number of piperazine rings is 1. The normalized spacial score (nSPS) is 27.7. The van der Waals surface area contributed by atoms with Crippen molar-refractivity contribution in [3.8, 4) is 0 Å². The molecule has 0 saturated carbocycles. The molecule has 1 fully saturated rings. The predicted octanol–water partition coefficient (Wildman–Crippen LogP) is 2.23.